The molecule has 1 heteroatoms. The van der Waals surface area contributed by atoms with Gasteiger partial charge in [-0.1, -0.05) is 206 Å². The summed E-state index contributed by atoms with van der Waals surface area (Å²) in [5.74, 6) is 0. The molecule has 0 aromatic heterocycles. The van der Waals surface area contributed by atoms with Crippen LogP contribution in [0, 0.1) is 0 Å². The fourth-order valence-electron chi connectivity index (χ4n) is 10.3. The maximum absolute atomic E-state index is 2.39. The number of fused-ring (bicyclic) bond motifs is 5. The summed E-state index contributed by atoms with van der Waals surface area (Å²) in [5.41, 5.74) is 19.3. The van der Waals surface area contributed by atoms with E-state index in [-0.39, 0.29) is 5.41 Å². The molecule has 0 radical (unpaired) electrons. The SMILES string of the molecule is CC1(c2ccccc2)c2ccccc2-c2c(-c3ccc(N(c4ccc(-c5ccc6ccccc6c5)cc4)c4cccc(-c5ccc(-c6ccc7ccccc7c6)cc5)c4)cc3)cccc21. The molecule has 0 saturated carbocycles. The van der Waals surface area contributed by atoms with Crippen LogP contribution in [-0.2, 0) is 5.41 Å². The van der Waals surface area contributed by atoms with E-state index in [9.17, 15) is 0 Å². The number of nitrogens with zero attached hydrogens (tertiary/aromatic N) is 1. The molecule has 11 aromatic rings. The highest BCUT2D eigenvalue weighted by atomic mass is 15.1. The van der Waals surface area contributed by atoms with Crippen LogP contribution >= 0.6 is 0 Å². The molecule has 0 heterocycles. The van der Waals surface area contributed by atoms with Crippen LogP contribution in [0.25, 0.3) is 77.2 Å². The van der Waals surface area contributed by atoms with Crippen LogP contribution in [0.15, 0.2) is 255 Å². The van der Waals surface area contributed by atoms with Crippen molar-refractivity contribution in [1.29, 1.82) is 0 Å². The molecule has 1 aliphatic carbocycles. The zero-order valence-corrected chi connectivity index (χ0v) is 36.2. The van der Waals surface area contributed by atoms with E-state index in [1.165, 1.54) is 93.9 Å². The van der Waals surface area contributed by atoms with Gasteiger partial charge in [-0.2, -0.15) is 0 Å². The van der Waals surface area contributed by atoms with Crippen molar-refractivity contribution in [3.05, 3.63) is 271 Å². The quantitative estimate of drug-likeness (QED) is 0.147. The van der Waals surface area contributed by atoms with Gasteiger partial charge in [0.15, 0.2) is 0 Å². The fraction of sp³-hybridized carbons (Fsp3) is 0.0312. The molecule has 306 valence electrons. The highest BCUT2D eigenvalue weighted by Crippen LogP contribution is 2.55. The first-order valence-electron chi connectivity index (χ1n) is 22.6. The van der Waals surface area contributed by atoms with Crippen molar-refractivity contribution in [2.24, 2.45) is 0 Å². The average molecular weight is 828 g/mol. The first-order chi connectivity index (χ1) is 32.1. The molecule has 0 spiro atoms. The molecule has 0 aliphatic heterocycles. The van der Waals surface area contributed by atoms with E-state index >= 15 is 0 Å². The molecular weight excluding hydrogens is 783 g/mol. The van der Waals surface area contributed by atoms with E-state index < -0.39 is 0 Å². The van der Waals surface area contributed by atoms with Crippen LogP contribution in [0.1, 0.15) is 23.6 Å². The average Bonchev–Trinajstić information content (AvgIpc) is 3.65. The Morgan fingerprint density at radius 2 is 0.723 bits per heavy atom. The Hall–Kier alpha value is -8.26. The highest BCUT2D eigenvalue weighted by molar-refractivity contribution is 5.95. The summed E-state index contributed by atoms with van der Waals surface area (Å²) in [6.45, 7) is 2.39. The molecule has 1 atom stereocenters. The summed E-state index contributed by atoms with van der Waals surface area (Å²) in [4.78, 5) is 2.39. The number of hydrogen-bond donors (Lipinski definition) is 0. The molecule has 1 nitrogen and oxygen atoms in total. The molecule has 11 aromatic carbocycles. The van der Waals surface area contributed by atoms with Crippen molar-refractivity contribution in [3.63, 3.8) is 0 Å². The normalized spacial score (nSPS) is 14.0. The van der Waals surface area contributed by atoms with Gasteiger partial charge in [0.05, 0.1) is 0 Å². The lowest BCUT2D eigenvalue weighted by atomic mass is 9.74. The van der Waals surface area contributed by atoms with Crippen LogP contribution in [0.4, 0.5) is 17.1 Å². The largest absolute Gasteiger partial charge is 0.310 e. The lowest BCUT2D eigenvalue weighted by molar-refractivity contribution is 0.714. The fourth-order valence-corrected chi connectivity index (χ4v) is 10.3. The Balaban J connectivity index is 0.930. The molecule has 65 heavy (non-hydrogen) atoms. The van der Waals surface area contributed by atoms with E-state index in [1.807, 2.05) is 0 Å². The highest BCUT2D eigenvalue weighted by Gasteiger charge is 2.41. The third kappa shape index (κ3) is 6.72. The van der Waals surface area contributed by atoms with Crippen LogP contribution in [0.5, 0.6) is 0 Å². The number of hydrogen-bond acceptors (Lipinski definition) is 1. The van der Waals surface area contributed by atoms with Crippen molar-refractivity contribution in [2.75, 3.05) is 4.90 Å². The third-order valence-electron chi connectivity index (χ3n) is 13.7. The first-order valence-corrected chi connectivity index (χ1v) is 22.6. The van der Waals surface area contributed by atoms with Gasteiger partial charge in [-0.15, -0.1) is 0 Å². The van der Waals surface area contributed by atoms with Gasteiger partial charge < -0.3 is 4.90 Å². The third-order valence-corrected chi connectivity index (χ3v) is 13.7. The standard InChI is InChI=1S/C64H45N/c1-64(55-18-3-2-4-19-55)61-23-10-9-21-60(61)63-59(22-12-24-62(63)64)49-35-39-57(40-36-49)65(56-37-33-48(34-38-56)54-32-30-45-14-6-8-16-51(45)42-54)58-20-11-17-52(43-58)46-25-27-47(28-26-46)53-31-29-44-13-5-7-15-50(44)41-53/h2-43H,1H3. The zero-order chi connectivity index (χ0) is 43.3. The molecule has 1 aliphatic rings. The lowest BCUT2D eigenvalue weighted by Crippen LogP contribution is -2.22. The van der Waals surface area contributed by atoms with Crippen molar-refractivity contribution < 1.29 is 0 Å². The van der Waals surface area contributed by atoms with Crippen molar-refractivity contribution >= 4 is 38.6 Å². The Labute approximate surface area is 381 Å². The van der Waals surface area contributed by atoms with E-state index in [0.717, 1.165) is 17.1 Å². The summed E-state index contributed by atoms with van der Waals surface area (Å²) in [6, 6.07) is 93.5. The molecular formula is C64H45N. The molecule has 0 amide bonds. The molecule has 12 rings (SSSR count). The van der Waals surface area contributed by atoms with Gasteiger partial charge in [0.25, 0.3) is 0 Å². The summed E-state index contributed by atoms with van der Waals surface area (Å²) < 4.78 is 0. The van der Waals surface area contributed by atoms with Crippen LogP contribution < -0.4 is 4.90 Å². The van der Waals surface area contributed by atoms with Gasteiger partial charge in [-0.05, 0) is 149 Å². The van der Waals surface area contributed by atoms with E-state index in [0.29, 0.717) is 0 Å². The van der Waals surface area contributed by atoms with Gasteiger partial charge >= 0.3 is 0 Å². The minimum atomic E-state index is -0.249. The summed E-state index contributed by atoms with van der Waals surface area (Å²) in [7, 11) is 0. The Kier molecular flexibility index (Phi) is 9.35. The second-order valence-electron chi connectivity index (χ2n) is 17.4. The lowest BCUT2D eigenvalue weighted by Gasteiger charge is -2.28. The smallest absolute Gasteiger partial charge is 0.0467 e. The van der Waals surface area contributed by atoms with Gasteiger partial charge in [-0.25, -0.2) is 0 Å². The Bertz CT molecular complexity index is 3530. The predicted octanol–water partition coefficient (Wildman–Crippen LogP) is 17.5. The second kappa shape index (κ2) is 15.8. The zero-order valence-electron chi connectivity index (χ0n) is 36.2. The Morgan fingerprint density at radius 3 is 1.34 bits per heavy atom. The van der Waals surface area contributed by atoms with E-state index in [2.05, 4.69) is 267 Å². The number of benzene rings is 11. The molecule has 0 saturated heterocycles. The van der Waals surface area contributed by atoms with E-state index in [4.69, 9.17) is 0 Å². The van der Waals surface area contributed by atoms with Crippen LogP contribution in [0.2, 0.25) is 0 Å². The van der Waals surface area contributed by atoms with Crippen LogP contribution in [0.3, 0.4) is 0 Å². The summed E-state index contributed by atoms with van der Waals surface area (Å²) in [5, 5.41) is 5.01. The van der Waals surface area contributed by atoms with Gasteiger partial charge in [0.2, 0.25) is 0 Å². The maximum Gasteiger partial charge on any atom is 0.0467 e. The minimum Gasteiger partial charge on any atom is -0.310 e. The Morgan fingerprint density at radius 1 is 0.277 bits per heavy atom. The number of anilines is 3. The van der Waals surface area contributed by atoms with Gasteiger partial charge in [0.1, 0.15) is 0 Å². The van der Waals surface area contributed by atoms with Crippen LogP contribution in [-0.4, -0.2) is 0 Å². The topological polar surface area (TPSA) is 3.24 Å². The van der Waals surface area contributed by atoms with Gasteiger partial charge in [-0.3, -0.25) is 0 Å². The minimum absolute atomic E-state index is 0.249. The predicted molar refractivity (Wildman–Crippen MR) is 275 cm³/mol. The second-order valence-corrected chi connectivity index (χ2v) is 17.4. The summed E-state index contributed by atoms with van der Waals surface area (Å²) in [6.07, 6.45) is 0. The maximum atomic E-state index is 2.39. The van der Waals surface area contributed by atoms with Gasteiger partial charge in [0, 0.05) is 22.5 Å². The first kappa shape index (κ1) is 38.4. The monoisotopic (exact) mass is 827 g/mol. The molecule has 0 N–H and O–H groups in total. The molecule has 1 unspecified atom stereocenters. The van der Waals surface area contributed by atoms with Crippen molar-refractivity contribution in [3.8, 4) is 55.6 Å². The number of rotatable bonds is 8. The summed E-state index contributed by atoms with van der Waals surface area (Å²) >= 11 is 0. The van der Waals surface area contributed by atoms with Crippen molar-refractivity contribution in [1.82, 2.24) is 0 Å². The molecule has 0 bridgehead atoms. The van der Waals surface area contributed by atoms with E-state index in [1.54, 1.807) is 0 Å². The van der Waals surface area contributed by atoms with Crippen molar-refractivity contribution in [2.45, 2.75) is 12.3 Å². The molecule has 0 fully saturated rings.